The third-order valence-corrected chi connectivity index (χ3v) is 5.12. The maximum atomic E-state index is 12.0. The van der Waals surface area contributed by atoms with E-state index < -0.39 is 10.8 Å². The van der Waals surface area contributed by atoms with Crippen LogP contribution in [-0.2, 0) is 15.6 Å². The molecule has 5 heteroatoms. The number of carbonyl (C=O) groups is 1. The van der Waals surface area contributed by atoms with Crippen LogP contribution in [0.15, 0.2) is 33.7 Å². The average molecular weight is 270 g/mol. The molecule has 0 aliphatic carbocycles. The maximum Gasteiger partial charge on any atom is 0.132 e. The Bertz CT molecular complexity index is 425. The Labute approximate surface area is 104 Å². The second kappa shape index (κ2) is 5.52. The molecule has 0 bridgehead atoms. The van der Waals surface area contributed by atoms with E-state index >= 15 is 0 Å². The van der Waals surface area contributed by atoms with Crippen LogP contribution in [0.3, 0.4) is 0 Å². The summed E-state index contributed by atoms with van der Waals surface area (Å²) < 4.78 is 12.0. The van der Waals surface area contributed by atoms with Gasteiger partial charge < -0.3 is 4.79 Å². The van der Waals surface area contributed by atoms with E-state index in [9.17, 15) is 9.00 Å². The number of thiophene rings is 2. The maximum absolute atomic E-state index is 12.0. The molecule has 0 aliphatic heterocycles. The molecule has 2 rings (SSSR count). The van der Waals surface area contributed by atoms with Crippen molar-refractivity contribution in [2.24, 2.45) is 0 Å². The summed E-state index contributed by atoms with van der Waals surface area (Å²) in [5.41, 5.74) is 2.06. The largest absolute Gasteiger partial charge is 0.302 e. The fourth-order valence-corrected chi connectivity index (χ4v) is 4.28. The summed E-state index contributed by atoms with van der Waals surface area (Å²) in [5.74, 6) is 0.0936. The first-order valence-electron chi connectivity index (χ1n) is 4.68. The van der Waals surface area contributed by atoms with Gasteiger partial charge in [0.15, 0.2) is 0 Å². The number of rotatable bonds is 5. The van der Waals surface area contributed by atoms with Crippen LogP contribution in [0.4, 0.5) is 0 Å². The van der Waals surface area contributed by atoms with E-state index in [1.54, 1.807) is 22.7 Å². The molecule has 84 valence electrons. The van der Waals surface area contributed by atoms with Gasteiger partial charge in [-0.05, 0) is 44.8 Å². The molecule has 0 radical (unpaired) electrons. The Morgan fingerprint density at radius 3 is 2.12 bits per heavy atom. The minimum absolute atomic E-state index is 0.0936. The van der Waals surface area contributed by atoms with Crippen molar-refractivity contribution < 1.29 is 9.00 Å². The minimum atomic E-state index is -1.17. The molecule has 0 saturated heterocycles. The second-order valence-electron chi connectivity index (χ2n) is 3.21. The molecule has 0 amide bonds. The summed E-state index contributed by atoms with van der Waals surface area (Å²) in [6.07, 6.45) is 0.724. The van der Waals surface area contributed by atoms with Crippen molar-refractivity contribution >= 4 is 39.8 Å². The molecule has 0 N–H and O–H groups in total. The summed E-state index contributed by atoms with van der Waals surface area (Å²) in [5, 5.41) is 7.75. The van der Waals surface area contributed by atoms with Crippen molar-refractivity contribution in [2.75, 3.05) is 5.75 Å². The summed E-state index contributed by atoms with van der Waals surface area (Å²) >= 11 is 3.16. The van der Waals surface area contributed by atoms with Crippen molar-refractivity contribution in [3.63, 3.8) is 0 Å². The molecular weight excluding hydrogens is 260 g/mol. The smallest absolute Gasteiger partial charge is 0.132 e. The molecule has 1 unspecified atom stereocenters. The van der Waals surface area contributed by atoms with Crippen LogP contribution in [-0.4, -0.2) is 16.2 Å². The van der Waals surface area contributed by atoms with E-state index in [2.05, 4.69) is 0 Å². The first-order chi connectivity index (χ1) is 7.83. The number of hydrogen-bond donors (Lipinski definition) is 0. The van der Waals surface area contributed by atoms with Crippen LogP contribution in [0.5, 0.6) is 0 Å². The van der Waals surface area contributed by atoms with E-state index in [-0.39, 0.29) is 11.0 Å². The molecule has 1 atom stereocenters. The predicted molar refractivity (Wildman–Crippen MR) is 69.6 cm³/mol. The first-order valence-corrected chi connectivity index (χ1v) is 7.94. The molecule has 2 aromatic heterocycles. The molecule has 0 aliphatic rings. The fourth-order valence-electron chi connectivity index (χ4n) is 1.51. The van der Waals surface area contributed by atoms with Gasteiger partial charge in [0, 0.05) is 10.8 Å². The molecule has 2 aromatic rings. The molecule has 2 heterocycles. The minimum Gasteiger partial charge on any atom is -0.302 e. The van der Waals surface area contributed by atoms with Crippen molar-refractivity contribution in [1.82, 2.24) is 0 Å². The first kappa shape index (κ1) is 11.7. The number of hydrogen-bond acceptors (Lipinski definition) is 4. The summed E-state index contributed by atoms with van der Waals surface area (Å²) in [6.45, 7) is 0. The number of aldehydes is 1. The lowest BCUT2D eigenvalue weighted by molar-refractivity contribution is -0.105. The van der Waals surface area contributed by atoms with Crippen LogP contribution >= 0.6 is 22.7 Å². The van der Waals surface area contributed by atoms with Crippen molar-refractivity contribution in [3.05, 3.63) is 44.8 Å². The van der Waals surface area contributed by atoms with Crippen molar-refractivity contribution in [3.8, 4) is 0 Å². The summed E-state index contributed by atoms with van der Waals surface area (Å²) in [7, 11) is -1.17. The Morgan fingerprint density at radius 1 is 1.19 bits per heavy atom. The van der Waals surface area contributed by atoms with E-state index in [1.165, 1.54) is 0 Å². The monoisotopic (exact) mass is 270 g/mol. The Kier molecular flexibility index (Phi) is 4.04. The molecule has 0 spiro atoms. The van der Waals surface area contributed by atoms with Gasteiger partial charge in [-0.1, -0.05) is 0 Å². The van der Waals surface area contributed by atoms with Gasteiger partial charge in [0.25, 0.3) is 0 Å². The van der Waals surface area contributed by atoms with Gasteiger partial charge in [-0.15, -0.1) is 0 Å². The van der Waals surface area contributed by atoms with Crippen LogP contribution in [0.25, 0.3) is 0 Å². The van der Waals surface area contributed by atoms with Gasteiger partial charge in [0.05, 0.1) is 11.0 Å². The highest BCUT2D eigenvalue weighted by molar-refractivity contribution is 7.86. The molecule has 16 heavy (non-hydrogen) atoms. The SMILES string of the molecule is O=CCS(=O)C(c1ccsc1)c1ccsc1. The van der Waals surface area contributed by atoms with E-state index in [0.29, 0.717) is 0 Å². The van der Waals surface area contributed by atoms with E-state index in [1.807, 2.05) is 33.7 Å². The van der Waals surface area contributed by atoms with Crippen molar-refractivity contribution in [2.45, 2.75) is 5.25 Å². The predicted octanol–water partition coefficient (Wildman–Crippen LogP) is 2.85. The third-order valence-electron chi connectivity index (χ3n) is 2.19. The molecule has 0 fully saturated rings. The lowest BCUT2D eigenvalue weighted by Crippen LogP contribution is -2.10. The highest BCUT2D eigenvalue weighted by Crippen LogP contribution is 2.31. The molecule has 0 aromatic carbocycles. The molecular formula is C11H10O2S3. The van der Waals surface area contributed by atoms with E-state index in [0.717, 1.165) is 17.4 Å². The summed E-state index contributed by atoms with van der Waals surface area (Å²) in [4.78, 5) is 10.5. The van der Waals surface area contributed by atoms with Gasteiger partial charge in [-0.25, -0.2) is 0 Å². The van der Waals surface area contributed by atoms with Crippen LogP contribution in [0.2, 0.25) is 0 Å². The van der Waals surface area contributed by atoms with Crippen LogP contribution < -0.4 is 0 Å². The highest BCUT2D eigenvalue weighted by atomic mass is 32.2. The lowest BCUT2D eigenvalue weighted by atomic mass is 10.1. The summed E-state index contributed by atoms with van der Waals surface area (Å²) in [6, 6.07) is 3.94. The van der Waals surface area contributed by atoms with Crippen LogP contribution in [0.1, 0.15) is 16.4 Å². The molecule has 2 nitrogen and oxygen atoms in total. The fraction of sp³-hybridized carbons (Fsp3) is 0.182. The third kappa shape index (κ3) is 2.48. The van der Waals surface area contributed by atoms with Crippen molar-refractivity contribution in [1.29, 1.82) is 0 Å². The van der Waals surface area contributed by atoms with Gasteiger partial charge in [0.1, 0.15) is 6.29 Å². The van der Waals surface area contributed by atoms with Crippen LogP contribution in [0, 0.1) is 0 Å². The standard InChI is InChI=1S/C11H10O2S3/c12-3-6-16(13)11(9-1-4-14-7-9)10-2-5-15-8-10/h1-5,7-8,11H,6H2. The topological polar surface area (TPSA) is 34.1 Å². The highest BCUT2D eigenvalue weighted by Gasteiger charge is 2.21. The zero-order chi connectivity index (χ0) is 11.4. The van der Waals surface area contributed by atoms with E-state index in [4.69, 9.17) is 0 Å². The normalized spacial score (nSPS) is 12.8. The van der Waals surface area contributed by atoms with Gasteiger partial charge in [-0.2, -0.15) is 22.7 Å². The quantitative estimate of drug-likeness (QED) is 0.783. The Hall–Kier alpha value is -0.780. The number of carbonyl (C=O) groups excluding carboxylic acids is 1. The molecule has 0 saturated carbocycles. The van der Waals surface area contributed by atoms with Gasteiger partial charge in [-0.3, -0.25) is 4.21 Å². The van der Waals surface area contributed by atoms with Gasteiger partial charge in [0.2, 0.25) is 0 Å². The lowest BCUT2D eigenvalue weighted by Gasteiger charge is -2.12. The van der Waals surface area contributed by atoms with Gasteiger partial charge >= 0.3 is 0 Å². The Balaban J connectivity index is 2.34. The Morgan fingerprint density at radius 2 is 1.75 bits per heavy atom. The zero-order valence-electron chi connectivity index (χ0n) is 8.37. The second-order valence-corrected chi connectivity index (χ2v) is 6.33. The average Bonchev–Trinajstić information content (AvgIpc) is 2.91. The zero-order valence-corrected chi connectivity index (χ0v) is 10.8.